The normalized spacial score (nSPS) is 16.6. The van der Waals surface area contributed by atoms with Crippen molar-refractivity contribution in [1.82, 2.24) is 9.97 Å². The zero-order valence-corrected chi connectivity index (χ0v) is 37.9. The first-order chi connectivity index (χ1) is 34.7. The minimum atomic E-state index is -0.810. The molecule has 1 unspecified atom stereocenters. The molecule has 4 aliphatic rings. The van der Waals surface area contributed by atoms with Gasteiger partial charge in [0.2, 0.25) is 0 Å². The number of aromatic nitrogens is 2. The summed E-state index contributed by atoms with van der Waals surface area (Å²) in [5.74, 6) is 0. The first-order valence-corrected chi connectivity index (χ1v) is 24.3. The zero-order valence-electron chi connectivity index (χ0n) is 37.9. The molecule has 3 nitrogen and oxygen atoms in total. The number of para-hydroxylation sites is 1. The van der Waals surface area contributed by atoms with Gasteiger partial charge < -0.3 is 4.42 Å². The Kier molecular flexibility index (Phi) is 7.41. The SMILES string of the molecule is c1ccc(C2(c3ccccc3)c3ccccc3C3(c4cc5c(cc42)C2(c4ccccc4-c4ccccc42)c2ccccc2-5)c2cccnc2-c2ncc(-c4ccc5c(c4)oc4ccccc45)cc23)cc1. The molecule has 0 radical (unpaired) electrons. The topological polar surface area (TPSA) is 38.9 Å². The molecular weight excluding hydrogens is 849 g/mol. The number of fused-ring (bicyclic) bond motifs is 22. The largest absolute Gasteiger partial charge is 0.456 e. The monoisotopic (exact) mass is 888 g/mol. The Hall–Kier alpha value is -8.92. The van der Waals surface area contributed by atoms with Crippen LogP contribution in [0.15, 0.2) is 247 Å². The molecule has 70 heavy (non-hydrogen) atoms. The van der Waals surface area contributed by atoms with Crippen molar-refractivity contribution >= 4 is 21.9 Å². The summed E-state index contributed by atoms with van der Waals surface area (Å²) in [6.45, 7) is 0. The van der Waals surface area contributed by atoms with Crippen molar-refractivity contribution in [2.24, 2.45) is 0 Å². The van der Waals surface area contributed by atoms with Crippen molar-refractivity contribution < 1.29 is 4.42 Å². The Balaban J connectivity index is 1.08. The van der Waals surface area contributed by atoms with Crippen molar-refractivity contribution in [2.45, 2.75) is 16.2 Å². The molecule has 1 atom stereocenters. The minimum Gasteiger partial charge on any atom is -0.456 e. The van der Waals surface area contributed by atoms with Crippen molar-refractivity contribution in [2.75, 3.05) is 0 Å². The highest BCUT2D eigenvalue weighted by Gasteiger charge is 2.60. The fraction of sp³-hybridized carbons (Fsp3) is 0.0448. The molecular formula is C67H40N2O. The van der Waals surface area contributed by atoms with Crippen molar-refractivity contribution in [3.63, 3.8) is 0 Å². The number of benzene rings is 9. The van der Waals surface area contributed by atoms with Crippen molar-refractivity contribution in [3.05, 3.63) is 310 Å². The second-order valence-electron chi connectivity index (χ2n) is 19.4. The summed E-state index contributed by atoms with van der Waals surface area (Å²) in [4.78, 5) is 10.7. The lowest BCUT2D eigenvalue weighted by atomic mass is 9.51. The van der Waals surface area contributed by atoms with Gasteiger partial charge in [-0.1, -0.05) is 194 Å². The molecule has 0 saturated carbocycles. The molecule has 0 aliphatic heterocycles. The molecule has 3 aromatic heterocycles. The van der Waals surface area contributed by atoms with Gasteiger partial charge >= 0.3 is 0 Å². The standard InChI is InChI=1S/C67H40N2O/c1-3-18-43(19-4-1)65(44-20-5-2-6-21-44)54-29-14-15-30-55(54)67(56-31-17-35-68-63(56)64-60(67)36-42(40-69-64)41-33-34-49-48-25-10-16-32-61(48)70-62(49)37-41)58-38-50-47-24-9-13-28-53(47)66(57(50)39-59(58)65)51-26-11-7-22-45(51)46-23-8-12-27-52(46)66/h1-40H. The highest BCUT2D eigenvalue weighted by Crippen LogP contribution is 2.68. The molecule has 4 aliphatic carbocycles. The van der Waals surface area contributed by atoms with E-state index in [1.165, 1.54) is 77.9 Å². The molecule has 9 aromatic carbocycles. The van der Waals surface area contributed by atoms with Gasteiger partial charge in [0, 0.05) is 34.3 Å². The van der Waals surface area contributed by atoms with Gasteiger partial charge in [-0.15, -0.1) is 0 Å². The van der Waals surface area contributed by atoms with Crippen LogP contribution in [0.2, 0.25) is 0 Å². The molecule has 324 valence electrons. The van der Waals surface area contributed by atoms with E-state index in [4.69, 9.17) is 14.4 Å². The minimum absolute atomic E-state index is 0.547. The number of rotatable bonds is 3. The molecule has 0 saturated heterocycles. The van der Waals surface area contributed by atoms with Crippen LogP contribution in [0, 0.1) is 0 Å². The molecule has 0 amide bonds. The fourth-order valence-electron chi connectivity index (χ4n) is 14.0. The Morgan fingerprint density at radius 1 is 0.286 bits per heavy atom. The molecule has 16 rings (SSSR count). The number of furan rings is 1. The van der Waals surface area contributed by atoms with Gasteiger partial charge in [-0.25, -0.2) is 0 Å². The molecule has 0 fully saturated rings. The van der Waals surface area contributed by atoms with Gasteiger partial charge in [0.05, 0.1) is 27.6 Å². The fourth-order valence-corrected chi connectivity index (χ4v) is 14.0. The third-order valence-electron chi connectivity index (χ3n) is 16.5. The first kappa shape index (κ1) is 38.1. The van der Waals surface area contributed by atoms with E-state index in [2.05, 4.69) is 218 Å². The van der Waals surface area contributed by atoms with Gasteiger partial charge in [0.25, 0.3) is 0 Å². The zero-order chi connectivity index (χ0) is 45.8. The summed E-state index contributed by atoms with van der Waals surface area (Å²) in [5, 5.41) is 2.22. The van der Waals surface area contributed by atoms with Crippen LogP contribution in [-0.2, 0) is 16.2 Å². The maximum Gasteiger partial charge on any atom is 0.136 e. The maximum absolute atomic E-state index is 6.49. The second-order valence-corrected chi connectivity index (χ2v) is 19.4. The van der Waals surface area contributed by atoms with E-state index in [9.17, 15) is 0 Å². The lowest BCUT2D eigenvalue weighted by molar-refractivity contribution is 0.620. The smallest absolute Gasteiger partial charge is 0.136 e. The third-order valence-corrected chi connectivity index (χ3v) is 16.5. The predicted octanol–water partition coefficient (Wildman–Crippen LogP) is 15.4. The Morgan fingerprint density at radius 3 is 1.49 bits per heavy atom. The quantitative estimate of drug-likeness (QED) is 0.177. The predicted molar refractivity (Wildman–Crippen MR) is 280 cm³/mol. The highest BCUT2D eigenvalue weighted by molar-refractivity contribution is 6.06. The van der Waals surface area contributed by atoms with E-state index in [1.54, 1.807) is 0 Å². The van der Waals surface area contributed by atoms with Crippen LogP contribution in [0.1, 0.15) is 66.8 Å². The Morgan fingerprint density at radius 2 is 0.800 bits per heavy atom. The van der Waals surface area contributed by atoms with Crippen LogP contribution >= 0.6 is 0 Å². The number of hydrogen-bond acceptors (Lipinski definition) is 3. The second kappa shape index (κ2) is 13.6. The van der Waals surface area contributed by atoms with Crippen LogP contribution in [-0.4, -0.2) is 9.97 Å². The summed E-state index contributed by atoms with van der Waals surface area (Å²) >= 11 is 0. The Labute approximate surface area is 405 Å². The van der Waals surface area contributed by atoms with E-state index in [0.717, 1.165) is 55.6 Å². The van der Waals surface area contributed by atoms with E-state index in [1.807, 2.05) is 24.5 Å². The van der Waals surface area contributed by atoms with E-state index >= 15 is 0 Å². The summed E-state index contributed by atoms with van der Waals surface area (Å²) in [6.07, 6.45) is 3.96. The van der Waals surface area contributed by atoms with Crippen LogP contribution < -0.4 is 0 Å². The van der Waals surface area contributed by atoms with Crippen LogP contribution in [0.5, 0.6) is 0 Å². The van der Waals surface area contributed by atoms with Crippen LogP contribution in [0.25, 0.3) is 66.7 Å². The van der Waals surface area contributed by atoms with E-state index < -0.39 is 16.2 Å². The van der Waals surface area contributed by atoms with Crippen LogP contribution in [0.3, 0.4) is 0 Å². The highest BCUT2D eigenvalue weighted by atomic mass is 16.3. The molecule has 3 heteroatoms. The lowest BCUT2D eigenvalue weighted by Crippen LogP contribution is -2.45. The van der Waals surface area contributed by atoms with Gasteiger partial charge in [-0.2, -0.15) is 0 Å². The summed E-state index contributed by atoms with van der Waals surface area (Å²) in [5.41, 5.74) is 23.6. The molecule has 0 N–H and O–H groups in total. The molecule has 0 bridgehead atoms. The van der Waals surface area contributed by atoms with Crippen molar-refractivity contribution in [1.29, 1.82) is 0 Å². The van der Waals surface area contributed by atoms with Gasteiger partial charge in [0.1, 0.15) is 11.2 Å². The van der Waals surface area contributed by atoms with Gasteiger partial charge in [0.15, 0.2) is 0 Å². The average molecular weight is 889 g/mol. The lowest BCUT2D eigenvalue weighted by Gasteiger charge is -2.50. The van der Waals surface area contributed by atoms with Crippen LogP contribution in [0.4, 0.5) is 0 Å². The van der Waals surface area contributed by atoms with Crippen molar-refractivity contribution in [3.8, 4) is 44.8 Å². The summed E-state index contributed by atoms with van der Waals surface area (Å²) in [6, 6.07) is 86.2. The third kappa shape index (κ3) is 4.47. The first-order valence-electron chi connectivity index (χ1n) is 24.3. The van der Waals surface area contributed by atoms with Gasteiger partial charge in [-0.05, 0) is 125 Å². The number of hydrogen-bond donors (Lipinski definition) is 0. The molecule has 2 spiro atoms. The molecule has 12 aromatic rings. The van der Waals surface area contributed by atoms with E-state index in [0.29, 0.717) is 0 Å². The molecule has 3 heterocycles. The summed E-state index contributed by atoms with van der Waals surface area (Å²) < 4.78 is 6.49. The van der Waals surface area contributed by atoms with E-state index in [-0.39, 0.29) is 0 Å². The number of pyridine rings is 2. The Bertz CT molecular complexity index is 4120. The average Bonchev–Trinajstić information content (AvgIpc) is 4.14. The maximum atomic E-state index is 6.49. The summed E-state index contributed by atoms with van der Waals surface area (Å²) in [7, 11) is 0. The van der Waals surface area contributed by atoms with Gasteiger partial charge in [-0.3, -0.25) is 9.97 Å². The number of nitrogens with zero attached hydrogens (tertiary/aromatic N) is 2.